The molecule has 3 rings (SSSR count). The average molecular weight is 316 g/mol. The number of pyridine rings is 1. The lowest BCUT2D eigenvalue weighted by Crippen LogP contribution is -2.39. The van der Waals surface area contributed by atoms with Gasteiger partial charge < -0.3 is 4.90 Å². The van der Waals surface area contributed by atoms with Gasteiger partial charge in [0.25, 0.3) is 0 Å². The molecule has 1 aliphatic heterocycles. The largest absolute Gasteiger partial charge is 0.327 e. The lowest BCUT2D eigenvalue weighted by atomic mass is 10.1. The highest BCUT2D eigenvalue weighted by molar-refractivity contribution is 7.14. The van der Waals surface area contributed by atoms with Gasteiger partial charge in [-0.2, -0.15) is 0 Å². The van der Waals surface area contributed by atoms with Gasteiger partial charge in [0.2, 0.25) is 0 Å². The van der Waals surface area contributed by atoms with E-state index in [0.29, 0.717) is 11.7 Å². The third-order valence-corrected chi connectivity index (χ3v) is 4.51. The molecule has 0 spiro atoms. The maximum Gasteiger partial charge on any atom is 0.315 e. The Hall–Kier alpha value is -2.28. The minimum atomic E-state index is -0.629. The van der Waals surface area contributed by atoms with Crippen molar-refractivity contribution < 1.29 is 9.59 Å². The summed E-state index contributed by atoms with van der Waals surface area (Å²) in [6.45, 7) is 2.43. The van der Waals surface area contributed by atoms with Crippen LogP contribution in [-0.2, 0) is 9.59 Å². The number of anilines is 1. The van der Waals surface area contributed by atoms with E-state index >= 15 is 0 Å². The fourth-order valence-corrected chi connectivity index (χ4v) is 3.32. The van der Waals surface area contributed by atoms with Gasteiger partial charge in [-0.1, -0.05) is 0 Å². The molecule has 1 N–H and O–H groups in total. The van der Waals surface area contributed by atoms with Crippen LogP contribution in [0.4, 0.5) is 5.13 Å². The highest BCUT2D eigenvalue weighted by Crippen LogP contribution is 2.31. The first-order valence-electron chi connectivity index (χ1n) is 7.09. The van der Waals surface area contributed by atoms with Crippen molar-refractivity contribution >= 4 is 28.3 Å². The molecule has 0 bridgehead atoms. The van der Waals surface area contributed by atoms with Crippen LogP contribution in [0.25, 0.3) is 0 Å². The summed E-state index contributed by atoms with van der Waals surface area (Å²) in [7, 11) is 0. The number of thiazole rings is 1. The molecule has 2 aromatic heterocycles. The van der Waals surface area contributed by atoms with Crippen LogP contribution < -0.4 is 5.32 Å². The molecule has 0 radical (unpaired) electrons. The Morgan fingerprint density at radius 3 is 2.82 bits per heavy atom. The number of nitrogens with one attached hydrogen (secondary N) is 1. The monoisotopic (exact) mass is 316 g/mol. The fraction of sp³-hybridized carbons (Fsp3) is 0.333. The molecule has 0 saturated carbocycles. The van der Waals surface area contributed by atoms with Crippen molar-refractivity contribution in [3.63, 3.8) is 0 Å². The molecule has 0 aromatic carbocycles. The number of nitrogens with zero attached hydrogens (tertiary/aromatic N) is 3. The topological polar surface area (TPSA) is 75.2 Å². The second-order valence-corrected chi connectivity index (χ2v) is 6.04. The molecule has 0 aliphatic carbocycles. The van der Waals surface area contributed by atoms with Gasteiger partial charge in [-0.3, -0.25) is 19.9 Å². The summed E-state index contributed by atoms with van der Waals surface area (Å²) in [6.07, 6.45) is 5.16. The van der Waals surface area contributed by atoms with Gasteiger partial charge in [-0.25, -0.2) is 4.98 Å². The number of aromatic nitrogens is 2. The molecule has 2 aromatic rings. The Morgan fingerprint density at radius 1 is 1.36 bits per heavy atom. The molecule has 2 amide bonds. The molecule has 7 heteroatoms. The highest BCUT2D eigenvalue weighted by Gasteiger charge is 2.33. The smallest absolute Gasteiger partial charge is 0.315 e. The van der Waals surface area contributed by atoms with Crippen LogP contribution in [0, 0.1) is 6.92 Å². The van der Waals surface area contributed by atoms with Gasteiger partial charge in [0.1, 0.15) is 0 Å². The van der Waals surface area contributed by atoms with Crippen LogP contribution in [0.3, 0.4) is 0 Å². The van der Waals surface area contributed by atoms with Gasteiger partial charge in [0, 0.05) is 24.3 Å². The molecule has 1 fully saturated rings. The van der Waals surface area contributed by atoms with E-state index in [0.717, 1.165) is 24.1 Å². The average Bonchev–Trinajstić information content (AvgIpc) is 3.16. The Labute approximate surface area is 132 Å². The van der Waals surface area contributed by atoms with Gasteiger partial charge in [0.05, 0.1) is 11.7 Å². The standard InChI is InChI=1S/C15H16N4O2S/c1-10-9-22-15(17-10)18-13(20)14(21)19-8-2-3-12(19)11-4-6-16-7-5-11/h4-7,9,12H,2-3,8H2,1H3,(H,17,18,20)/t12-/m0/s1. The van der Waals surface area contributed by atoms with Crippen molar-refractivity contribution in [2.75, 3.05) is 11.9 Å². The Kier molecular flexibility index (Phi) is 4.15. The van der Waals surface area contributed by atoms with Crippen LogP contribution in [-0.4, -0.2) is 33.2 Å². The third-order valence-electron chi connectivity index (χ3n) is 3.64. The number of rotatable bonds is 2. The summed E-state index contributed by atoms with van der Waals surface area (Å²) in [5.74, 6) is -1.14. The number of likely N-dealkylation sites (tertiary alicyclic amines) is 1. The lowest BCUT2D eigenvalue weighted by Gasteiger charge is -2.24. The van der Waals surface area contributed by atoms with Crippen LogP contribution in [0.2, 0.25) is 0 Å². The number of carbonyl (C=O) groups excluding carboxylic acids is 2. The number of hydrogen-bond donors (Lipinski definition) is 1. The summed E-state index contributed by atoms with van der Waals surface area (Å²) >= 11 is 1.31. The zero-order chi connectivity index (χ0) is 15.5. The van der Waals surface area contributed by atoms with E-state index in [2.05, 4.69) is 15.3 Å². The molecule has 1 atom stereocenters. The van der Waals surface area contributed by atoms with Crippen molar-refractivity contribution in [3.8, 4) is 0 Å². The van der Waals surface area contributed by atoms with Crippen LogP contribution in [0.5, 0.6) is 0 Å². The van der Waals surface area contributed by atoms with Gasteiger partial charge in [-0.05, 0) is 37.5 Å². The Balaban J connectivity index is 1.72. The number of aryl methyl sites for hydroxylation is 1. The summed E-state index contributed by atoms with van der Waals surface area (Å²) in [5.41, 5.74) is 1.84. The van der Waals surface area contributed by atoms with E-state index in [9.17, 15) is 9.59 Å². The number of amides is 2. The van der Waals surface area contributed by atoms with E-state index in [4.69, 9.17) is 0 Å². The molecule has 1 aliphatic rings. The summed E-state index contributed by atoms with van der Waals surface area (Å²) in [4.78, 5) is 34.3. The second-order valence-electron chi connectivity index (χ2n) is 5.19. The normalized spacial score (nSPS) is 17.5. The first kappa shape index (κ1) is 14.6. The molecule has 6 nitrogen and oxygen atoms in total. The van der Waals surface area contributed by atoms with Crippen molar-refractivity contribution in [2.45, 2.75) is 25.8 Å². The Bertz CT molecular complexity index is 686. The van der Waals surface area contributed by atoms with E-state index in [-0.39, 0.29) is 6.04 Å². The van der Waals surface area contributed by atoms with Gasteiger partial charge in [0.15, 0.2) is 5.13 Å². The predicted octanol–water partition coefficient (Wildman–Crippen LogP) is 2.15. The van der Waals surface area contributed by atoms with Crippen molar-refractivity contribution in [1.82, 2.24) is 14.9 Å². The first-order chi connectivity index (χ1) is 10.6. The maximum absolute atomic E-state index is 12.4. The van der Waals surface area contributed by atoms with Crippen LogP contribution in [0.15, 0.2) is 29.9 Å². The van der Waals surface area contributed by atoms with E-state index < -0.39 is 11.8 Å². The number of hydrogen-bond acceptors (Lipinski definition) is 5. The second kappa shape index (κ2) is 6.23. The van der Waals surface area contributed by atoms with Crippen molar-refractivity contribution in [1.29, 1.82) is 0 Å². The fourth-order valence-electron chi connectivity index (χ4n) is 2.63. The Morgan fingerprint density at radius 2 is 2.14 bits per heavy atom. The predicted molar refractivity (Wildman–Crippen MR) is 83.4 cm³/mol. The zero-order valence-corrected chi connectivity index (χ0v) is 13.0. The summed E-state index contributed by atoms with van der Waals surface area (Å²) < 4.78 is 0. The van der Waals surface area contributed by atoms with Gasteiger partial charge in [-0.15, -0.1) is 11.3 Å². The highest BCUT2D eigenvalue weighted by atomic mass is 32.1. The molecular formula is C15H16N4O2S. The minimum absolute atomic E-state index is 0.0562. The minimum Gasteiger partial charge on any atom is -0.327 e. The molecule has 3 heterocycles. The maximum atomic E-state index is 12.4. The van der Waals surface area contributed by atoms with Gasteiger partial charge >= 0.3 is 11.8 Å². The molecule has 22 heavy (non-hydrogen) atoms. The SMILES string of the molecule is Cc1csc(NC(=O)C(=O)N2CCC[C@H]2c2ccncc2)n1. The molecule has 114 valence electrons. The van der Waals surface area contributed by atoms with Crippen molar-refractivity contribution in [3.05, 3.63) is 41.2 Å². The third kappa shape index (κ3) is 2.99. The van der Waals surface area contributed by atoms with E-state index in [1.807, 2.05) is 24.4 Å². The van der Waals surface area contributed by atoms with Crippen LogP contribution in [0.1, 0.15) is 30.1 Å². The summed E-state index contributed by atoms with van der Waals surface area (Å²) in [6, 6.07) is 3.72. The summed E-state index contributed by atoms with van der Waals surface area (Å²) in [5, 5.41) is 4.86. The molecular weight excluding hydrogens is 300 g/mol. The van der Waals surface area contributed by atoms with E-state index in [1.165, 1.54) is 11.3 Å². The zero-order valence-electron chi connectivity index (χ0n) is 12.2. The van der Waals surface area contributed by atoms with E-state index in [1.54, 1.807) is 17.3 Å². The van der Waals surface area contributed by atoms with Crippen LogP contribution >= 0.6 is 11.3 Å². The first-order valence-corrected chi connectivity index (χ1v) is 7.97. The lowest BCUT2D eigenvalue weighted by molar-refractivity contribution is -0.143. The quantitative estimate of drug-likeness (QED) is 0.861. The molecule has 0 unspecified atom stereocenters. The van der Waals surface area contributed by atoms with Crippen molar-refractivity contribution in [2.24, 2.45) is 0 Å². The molecule has 1 saturated heterocycles. The number of carbonyl (C=O) groups is 2.